The van der Waals surface area contributed by atoms with Crippen LogP contribution in [-0.2, 0) is 15.0 Å². The molecule has 2 aromatic rings. The minimum Gasteiger partial charge on any atom is -0.483 e. The maximum Gasteiger partial charge on any atom is 0.262 e. The van der Waals surface area contributed by atoms with Gasteiger partial charge in [0.1, 0.15) is 5.75 Å². The van der Waals surface area contributed by atoms with Crippen LogP contribution in [-0.4, -0.2) is 18.4 Å². The van der Waals surface area contributed by atoms with E-state index in [9.17, 15) is 9.59 Å². The molecule has 2 aromatic carbocycles. The lowest BCUT2D eigenvalue weighted by molar-refractivity contribution is -0.123. The Morgan fingerprint density at radius 2 is 1.55 bits per heavy atom. The van der Waals surface area contributed by atoms with Crippen molar-refractivity contribution in [3.63, 3.8) is 0 Å². The smallest absolute Gasteiger partial charge is 0.262 e. The number of ether oxygens (including phenoxy) is 1. The van der Waals surface area contributed by atoms with Gasteiger partial charge in [0, 0.05) is 26.8 Å². The minimum atomic E-state index is -0.497. The Balaban J connectivity index is 2.02. The average Bonchev–Trinajstić information content (AvgIpc) is 2.59. The van der Waals surface area contributed by atoms with Gasteiger partial charge in [-0.2, -0.15) is 0 Å². The molecule has 0 bridgehead atoms. The van der Waals surface area contributed by atoms with Crippen LogP contribution in [0.3, 0.4) is 0 Å². The first-order valence-corrected chi connectivity index (χ1v) is 10.3. The Labute approximate surface area is 181 Å². The van der Waals surface area contributed by atoms with Gasteiger partial charge in [0.2, 0.25) is 5.91 Å². The molecule has 2 amide bonds. The number of anilines is 2. The summed E-state index contributed by atoms with van der Waals surface area (Å²) in [5.74, 6) is 0.323. The summed E-state index contributed by atoms with van der Waals surface area (Å²) in [4.78, 5) is 24.5. The Morgan fingerprint density at radius 3 is 2.14 bits per heavy atom. The van der Waals surface area contributed by atoms with Crippen LogP contribution in [0, 0.1) is 5.41 Å². The van der Waals surface area contributed by atoms with Crippen LogP contribution in [0.15, 0.2) is 46.9 Å². The Bertz CT molecular complexity index is 896. The Hall–Kier alpha value is -2.34. The molecule has 156 valence electrons. The summed E-state index contributed by atoms with van der Waals surface area (Å²) in [6, 6.07) is 12.8. The van der Waals surface area contributed by atoms with E-state index >= 15 is 0 Å². The molecule has 0 aliphatic rings. The van der Waals surface area contributed by atoms with Crippen LogP contribution in [0.1, 0.15) is 47.1 Å². The Kier molecular flexibility index (Phi) is 7.11. The predicted octanol–water partition coefficient (Wildman–Crippen LogP) is 5.75. The molecule has 0 heterocycles. The summed E-state index contributed by atoms with van der Waals surface area (Å²) in [5, 5.41) is 5.67. The molecule has 0 spiro atoms. The molecule has 0 unspecified atom stereocenters. The fourth-order valence-electron chi connectivity index (χ4n) is 2.55. The molecule has 0 aliphatic heterocycles. The zero-order valence-corrected chi connectivity index (χ0v) is 19.4. The largest absolute Gasteiger partial charge is 0.483 e. The maximum atomic E-state index is 12.4. The number of hydrogen-bond donors (Lipinski definition) is 2. The zero-order valence-electron chi connectivity index (χ0n) is 17.9. The van der Waals surface area contributed by atoms with E-state index < -0.39 is 5.41 Å². The highest BCUT2D eigenvalue weighted by atomic mass is 79.9. The first-order chi connectivity index (χ1) is 13.4. The first-order valence-electron chi connectivity index (χ1n) is 9.50. The second-order valence-corrected chi connectivity index (χ2v) is 9.93. The normalized spacial score (nSPS) is 11.7. The monoisotopic (exact) mass is 460 g/mol. The molecule has 29 heavy (non-hydrogen) atoms. The summed E-state index contributed by atoms with van der Waals surface area (Å²) in [6.45, 7) is 11.7. The van der Waals surface area contributed by atoms with Gasteiger partial charge in [-0.1, -0.05) is 63.5 Å². The Morgan fingerprint density at radius 1 is 0.931 bits per heavy atom. The molecule has 2 N–H and O–H groups in total. The molecule has 5 nitrogen and oxygen atoms in total. The quantitative estimate of drug-likeness (QED) is 0.596. The van der Waals surface area contributed by atoms with Crippen LogP contribution >= 0.6 is 15.9 Å². The van der Waals surface area contributed by atoms with Gasteiger partial charge in [0.05, 0.1) is 0 Å². The molecule has 6 heteroatoms. The number of halogens is 1. The number of carbonyl (C=O) groups is 2. The summed E-state index contributed by atoms with van der Waals surface area (Å²) >= 11 is 3.48. The van der Waals surface area contributed by atoms with Crippen molar-refractivity contribution in [3.05, 3.63) is 52.5 Å². The van der Waals surface area contributed by atoms with Gasteiger partial charge in [-0.25, -0.2) is 0 Å². The lowest BCUT2D eigenvalue weighted by Crippen LogP contribution is -2.27. The summed E-state index contributed by atoms with van der Waals surface area (Å²) in [6.07, 6.45) is 0. The summed E-state index contributed by atoms with van der Waals surface area (Å²) in [7, 11) is 0. The van der Waals surface area contributed by atoms with E-state index in [1.165, 1.54) is 0 Å². The molecule has 0 aliphatic carbocycles. The van der Waals surface area contributed by atoms with Crippen molar-refractivity contribution in [1.29, 1.82) is 0 Å². The van der Waals surface area contributed by atoms with Gasteiger partial charge in [0.25, 0.3) is 5.91 Å². The van der Waals surface area contributed by atoms with Crippen molar-refractivity contribution in [2.45, 2.75) is 47.0 Å². The van der Waals surface area contributed by atoms with Crippen LogP contribution in [0.5, 0.6) is 5.75 Å². The van der Waals surface area contributed by atoms with Gasteiger partial charge in [-0.3, -0.25) is 9.59 Å². The van der Waals surface area contributed by atoms with E-state index in [1.54, 1.807) is 24.3 Å². The van der Waals surface area contributed by atoms with Gasteiger partial charge in [-0.15, -0.1) is 0 Å². The van der Waals surface area contributed by atoms with Gasteiger partial charge in [0.15, 0.2) is 6.61 Å². The van der Waals surface area contributed by atoms with Crippen molar-refractivity contribution in [2.24, 2.45) is 5.41 Å². The molecule has 2 rings (SSSR count). The third-order valence-corrected chi connectivity index (χ3v) is 4.69. The lowest BCUT2D eigenvalue weighted by atomic mass is 9.86. The predicted molar refractivity (Wildman–Crippen MR) is 121 cm³/mol. The molecule has 0 saturated carbocycles. The number of nitrogens with one attached hydrogen (secondary N) is 2. The molecule has 0 saturated heterocycles. The highest BCUT2D eigenvalue weighted by molar-refractivity contribution is 9.10. The molecule has 0 radical (unpaired) electrons. The molecule has 0 fully saturated rings. The third kappa shape index (κ3) is 6.89. The van der Waals surface area contributed by atoms with E-state index in [1.807, 2.05) is 39.0 Å². The fraction of sp³-hybridized carbons (Fsp3) is 0.391. The number of benzene rings is 2. The van der Waals surface area contributed by atoms with Gasteiger partial charge < -0.3 is 15.4 Å². The van der Waals surface area contributed by atoms with E-state index in [0.29, 0.717) is 17.1 Å². The third-order valence-electron chi connectivity index (χ3n) is 4.19. The summed E-state index contributed by atoms with van der Waals surface area (Å²) in [5.41, 5.74) is 1.63. The number of carbonyl (C=O) groups excluding carboxylic acids is 2. The topological polar surface area (TPSA) is 67.4 Å². The zero-order chi connectivity index (χ0) is 21.8. The minimum absolute atomic E-state index is 0.0887. The van der Waals surface area contributed by atoms with Gasteiger partial charge >= 0.3 is 0 Å². The number of rotatable bonds is 5. The summed E-state index contributed by atoms with van der Waals surface area (Å²) < 4.78 is 6.76. The van der Waals surface area contributed by atoms with Crippen LogP contribution in [0.25, 0.3) is 0 Å². The standard InChI is InChI=1S/C23H29BrN2O3/c1-22(2,3)18-12-15(24)10-11-19(18)29-14-20(27)25-16-8-7-9-17(13-16)26-21(28)23(4,5)6/h7-13H,14H2,1-6H3,(H,25,27)(H,26,28). The lowest BCUT2D eigenvalue weighted by Gasteiger charge is -2.23. The fourth-order valence-corrected chi connectivity index (χ4v) is 2.91. The second kappa shape index (κ2) is 8.99. The molecular weight excluding hydrogens is 432 g/mol. The van der Waals surface area contributed by atoms with Crippen LogP contribution in [0.2, 0.25) is 0 Å². The van der Waals surface area contributed by atoms with Crippen molar-refractivity contribution in [2.75, 3.05) is 17.2 Å². The highest BCUT2D eigenvalue weighted by Gasteiger charge is 2.22. The van der Waals surface area contributed by atoms with E-state index in [4.69, 9.17) is 4.74 Å². The SMILES string of the molecule is CC(C)(C)C(=O)Nc1cccc(NC(=O)COc2ccc(Br)cc2C(C)(C)C)c1. The molecule has 0 atom stereocenters. The maximum absolute atomic E-state index is 12.4. The van der Waals surface area contributed by atoms with Crippen molar-refractivity contribution < 1.29 is 14.3 Å². The van der Waals surface area contributed by atoms with Gasteiger partial charge in [-0.05, 0) is 41.8 Å². The number of amides is 2. The average molecular weight is 461 g/mol. The first kappa shape index (κ1) is 22.9. The van der Waals surface area contributed by atoms with E-state index in [2.05, 4.69) is 47.3 Å². The van der Waals surface area contributed by atoms with Crippen molar-refractivity contribution >= 4 is 39.1 Å². The van der Waals surface area contributed by atoms with E-state index in [-0.39, 0.29) is 23.8 Å². The van der Waals surface area contributed by atoms with E-state index in [0.717, 1.165) is 10.0 Å². The van der Waals surface area contributed by atoms with Crippen LogP contribution in [0.4, 0.5) is 11.4 Å². The van der Waals surface area contributed by atoms with Crippen LogP contribution < -0.4 is 15.4 Å². The number of hydrogen-bond acceptors (Lipinski definition) is 3. The van der Waals surface area contributed by atoms with Crippen molar-refractivity contribution in [1.82, 2.24) is 0 Å². The molecular formula is C23H29BrN2O3. The highest BCUT2D eigenvalue weighted by Crippen LogP contribution is 2.33. The molecule has 0 aromatic heterocycles. The van der Waals surface area contributed by atoms with Crippen molar-refractivity contribution in [3.8, 4) is 5.75 Å². The second-order valence-electron chi connectivity index (χ2n) is 9.01.